The molecule has 0 atom stereocenters. The Morgan fingerprint density at radius 1 is 1.29 bits per heavy atom. The Kier molecular flexibility index (Phi) is 5.81. The lowest BCUT2D eigenvalue weighted by atomic mass is 10.1. The molecule has 3 rings (SSSR count). The van der Waals surface area contributed by atoms with E-state index in [1.165, 1.54) is 30.5 Å². The van der Waals surface area contributed by atoms with Crippen molar-refractivity contribution in [1.82, 2.24) is 10.4 Å². The molecule has 0 aliphatic heterocycles. The van der Waals surface area contributed by atoms with Gasteiger partial charge in [-0.2, -0.15) is 5.10 Å². The van der Waals surface area contributed by atoms with Crippen LogP contribution in [0.15, 0.2) is 53.6 Å². The third-order valence-electron chi connectivity index (χ3n) is 3.76. The van der Waals surface area contributed by atoms with Gasteiger partial charge in [-0.1, -0.05) is 23.7 Å². The molecule has 3 aromatic rings. The second-order valence-electron chi connectivity index (χ2n) is 5.90. The molecule has 0 bridgehead atoms. The first kappa shape index (κ1) is 19.2. The minimum atomic E-state index is -0.515. The maximum Gasteiger partial charge on any atom is 0.277 e. The second kappa shape index (κ2) is 8.45. The Labute approximate surface area is 164 Å². The van der Waals surface area contributed by atoms with E-state index in [4.69, 9.17) is 16.3 Å². The van der Waals surface area contributed by atoms with Crippen LogP contribution in [-0.2, 0) is 4.79 Å². The van der Waals surface area contributed by atoms with Gasteiger partial charge in [-0.15, -0.1) is 0 Å². The number of aryl methyl sites for hydroxylation is 1. The van der Waals surface area contributed by atoms with Crippen LogP contribution in [0, 0.1) is 17.0 Å². The van der Waals surface area contributed by atoms with Crippen molar-refractivity contribution in [2.45, 2.75) is 6.92 Å². The summed E-state index contributed by atoms with van der Waals surface area (Å²) in [6.45, 7) is 1.68. The standard InChI is InChI=1S/C19H15ClN4O4/c1-12-2-3-13-9-14(19(20)22-17(13)8-12)10-21-23-18(25)11-28-16-6-4-15(5-7-16)24(26)27/h2-10H,11H2,1H3,(H,23,25)/b21-10-. The van der Waals surface area contributed by atoms with Gasteiger partial charge in [0, 0.05) is 23.1 Å². The lowest BCUT2D eigenvalue weighted by Crippen LogP contribution is -2.24. The van der Waals surface area contributed by atoms with Crippen LogP contribution in [0.1, 0.15) is 11.1 Å². The van der Waals surface area contributed by atoms with E-state index in [-0.39, 0.29) is 17.4 Å². The van der Waals surface area contributed by atoms with E-state index in [9.17, 15) is 14.9 Å². The van der Waals surface area contributed by atoms with E-state index in [1.54, 1.807) is 0 Å². The summed E-state index contributed by atoms with van der Waals surface area (Å²) in [7, 11) is 0. The van der Waals surface area contributed by atoms with Gasteiger partial charge in [-0.25, -0.2) is 10.4 Å². The van der Waals surface area contributed by atoms with Gasteiger partial charge in [0.2, 0.25) is 0 Å². The maximum atomic E-state index is 11.8. The number of carbonyl (C=O) groups excluding carboxylic acids is 1. The molecular formula is C19H15ClN4O4. The average Bonchev–Trinajstić information content (AvgIpc) is 2.67. The second-order valence-corrected chi connectivity index (χ2v) is 6.26. The lowest BCUT2D eigenvalue weighted by Gasteiger charge is -2.05. The smallest absolute Gasteiger partial charge is 0.277 e. The van der Waals surface area contributed by atoms with Crippen LogP contribution >= 0.6 is 11.6 Å². The summed E-state index contributed by atoms with van der Waals surface area (Å²) >= 11 is 6.16. The molecule has 1 heterocycles. The molecule has 9 heteroatoms. The number of rotatable bonds is 6. The van der Waals surface area contributed by atoms with Crippen molar-refractivity contribution in [3.63, 3.8) is 0 Å². The minimum Gasteiger partial charge on any atom is -0.484 e. The fourth-order valence-electron chi connectivity index (χ4n) is 2.38. The summed E-state index contributed by atoms with van der Waals surface area (Å²) in [5, 5.41) is 15.6. The Balaban J connectivity index is 1.57. The van der Waals surface area contributed by atoms with Crippen molar-refractivity contribution in [2.24, 2.45) is 5.10 Å². The third kappa shape index (κ3) is 4.80. The van der Waals surface area contributed by atoms with Gasteiger partial charge in [0.15, 0.2) is 6.61 Å². The first-order chi connectivity index (χ1) is 13.4. The number of halogens is 1. The predicted octanol–water partition coefficient (Wildman–Crippen LogP) is 3.63. The number of nitro benzene ring substituents is 1. The Bertz CT molecular complexity index is 1070. The number of amides is 1. The molecule has 1 N–H and O–H groups in total. The van der Waals surface area contributed by atoms with E-state index in [0.717, 1.165) is 16.5 Å². The van der Waals surface area contributed by atoms with E-state index in [1.807, 2.05) is 31.2 Å². The molecule has 1 aromatic heterocycles. The van der Waals surface area contributed by atoms with Crippen molar-refractivity contribution >= 4 is 40.3 Å². The highest BCUT2D eigenvalue weighted by atomic mass is 35.5. The Morgan fingerprint density at radius 3 is 2.75 bits per heavy atom. The van der Waals surface area contributed by atoms with Gasteiger partial charge in [-0.05, 0) is 36.8 Å². The van der Waals surface area contributed by atoms with Crippen molar-refractivity contribution in [3.8, 4) is 5.75 Å². The number of carbonyl (C=O) groups is 1. The normalized spacial score (nSPS) is 10.9. The van der Waals surface area contributed by atoms with Crippen LogP contribution in [0.2, 0.25) is 5.15 Å². The highest BCUT2D eigenvalue weighted by molar-refractivity contribution is 6.32. The quantitative estimate of drug-likeness (QED) is 0.295. The largest absolute Gasteiger partial charge is 0.484 e. The number of ether oxygens (including phenoxy) is 1. The number of benzene rings is 2. The minimum absolute atomic E-state index is 0.0579. The molecule has 2 aromatic carbocycles. The summed E-state index contributed by atoms with van der Waals surface area (Å²) in [5.74, 6) is -0.156. The molecule has 0 aliphatic rings. The molecule has 0 aliphatic carbocycles. The van der Waals surface area contributed by atoms with Gasteiger partial charge >= 0.3 is 0 Å². The van der Waals surface area contributed by atoms with Crippen LogP contribution in [-0.4, -0.2) is 28.6 Å². The summed E-state index contributed by atoms with van der Waals surface area (Å²) in [6.07, 6.45) is 1.40. The summed E-state index contributed by atoms with van der Waals surface area (Å²) in [4.78, 5) is 26.2. The van der Waals surface area contributed by atoms with Gasteiger partial charge < -0.3 is 4.74 Å². The number of hydrazone groups is 1. The molecule has 0 saturated carbocycles. The summed E-state index contributed by atoms with van der Waals surface area (Å²) in [6, 6.07) is 13.1. The van der Waals surface area contributed by atoms with Crippen LogP contribution in [0.25, 0.3) is 10.9 Å². The van der Waals surface area contributed by atoms with Gasteiger partial charge in [-0.3, -0.25) is 14.9 Å². The van der Waals surface area contributed by atoms with Crippen LogP contribution in [0.3, 0.4) is 0 Å². The van der Waals surface area contributed by atoms with Crippen LogP contribution < -0.4 is 10.2 Å². The van der Waals surface area contributed by atoms with Gasteiger partial charge in [0.1, 0.15) is 10.9 Å². The van der Waals surface area contributed by atoms with E-state index in [2.05, 4.69) is 15.5 Å². The third-order valence-corrected chi connectivity index (χ3v) is 4.07. The molecule has 0 radical (unpaired) electrons. The summed E-state index contributed by atoms with van der Waals surface area (Å²) in [5.41, 5.74) is 4.69. The predicted molar refractivity (Wildman–Crippen MR) is 106 cm³/mol. The molecule has 0 saturated heterocycles. The van der Waals surface area contributed by atoms with E-state index < -0.39 is 10.8 Å². The van der Waals surface area contributed by atoms with E-state index >= 15 is 0 Å². The Morgan fingerprint density at radius 2 is 2.04 bits per heavy atom. The summed E-state index contributed by atoms with van der Waals surface area (Å²) < 4.78 is 5.25. The lowest BCUT2D eigenvalue weighted by molar-refractivity contribution is -0.384. The number of pyridine rings is 1. The molecular weight excluding hydrogens is 384 g/mol. The molecule has 142 valence electrons. The van der Waals surface area contributed by atoms with Crippen molar-refractivity contribution < 1.29 is 14.5 Å². The average molecular weight is 399 g/mol. The van der Waals surface area contributed by atoms with Gasteiger partial charge in [0.05, 0.1) is 16.7 Å². The Hall–Kier alpha value is -3.52. The highest BCUT2D eigenvalue weighted by Gasteiger charge is 2.07. The topological polar surface area (TPSA) is 107 Å². The first-order valence-electron chi connectivity index (χ1n) is 8.18. The zero-order valence-electron chi connectivity index (χ0n) is 14.8. The zero-order chi connectivity index (χ0) is 20.1. The number of nitro groups is 1. The van der Waals surface area contributed by atoms with Crippen molar-refractivity contribution in [1.29, 1.82) is 0 Å². The molecule has 28 heavy (non-hydrogen) atoms. The maximum absolute atomic E-state index is 11.8. The number of fused-ring (bicyclic) bond motifs is 1. The SMILES string of the molecule is Cc1ccc2cc(/C=N\NC(=O)COc3ccc([N+](=O)[O-])cc3)c(Cl)nc2c1. The van der Waals surface area contributed by atoms with Gasteiger partial charge in [0.25, 0.3) is 11.6 Å². The fraction of sp³-hybridized carbons (Fsp3) is 0.105. The van der Waals surface area contributed by atoms with Crippen LogP contribution in [0.4, 0.5) is 5.69 Å². The van der Waals surface area contributed by atoms with Crippen LogP contribution in [0.5, 0.6) is 5.75 Å². The monoisotopic (exact) mass is 398 g/mol. The number of non-ortho nitro benzene ring substituents is 1. The highest BCUT2D eigenvalue weighted by Crippen LogP contribution is 2.20. The number of nitrogens with zero attached hydrogens (tertiary/aromatic N) is 3. The molecule has 0 spiro atoms. The molecule has 1 amide bonds. The number of hydrogen-bond acceptors (Lipinski definition) is 6. The number of hydrogen-bond donors (Lipinski definition) is 1. The van der Waals surface area contributed by atoms with Crippen molar-refractivity contribution in [3.05, 3.63) is 74.9 Å². The number of nitrogens with one attached hydrogen (secondary N) is 1. The number of aromatic nitrogens is 1. The fourth-order valence-corrected chi connectivity index (χ4v) is 2.57. The first-order valence-corrected chi connectivity index (χ1v) is 8.56. The molecule has 8 nitrogen and oxygen atoms in total. The molecule has 0 fully saturated rings. The van der Waals surface area contributed by atoms with Crippen molar-refractivity contribution in [2.75, 3.05) is 6.61 Å². The molecule has 0 unspecified atom stereocenters. The zero-order valence-corrected chi connectivity index (χ0v) is 15.5. The van der Waals surface area contributed by atoms with E-state index in [0.29, 0.717) is 11.3 Å².